The molecule has 0 aliphatic rings. The van der Waals surface area contributed by atoms with Crippen molar-refractivity contribution in [2.24, 2.45) is 0 Å². The maximum Gasteiger partial charge on any atom is 0.321 e. The third-order valence-electron chi connectivity index (χ3n) is 2.59. The van der Waals surface area contributed by atoms with Gasteiger partial charge in [0.05, 0.1) is 4.92 Å². The highest BCUT2D eigenvalue weighted by molar-refractivity contribution is 7.89. The molecule has 1 rings (SSSR count). The molecule has 8 nitrogen and oxygen atoms in total. The second-order valence-electron chi connectivity index (χ2n) is 4.17. The number of carboxylic acids is 1. The molecule has 0 spiro atoms. The number of carbonyl (C=O) groups is 1. The van der Waals surface area contributed by atoms with Gasteiger partial charge in [-0.05, 0) is 12.5 Å². The summed E-state index contributed by atoms with van der Waals surface area (Å²) in [6.45, 7) is 1.65. The molecule has 21 heavy (non-hydrogen) atoms. The Balaban J connectivity index is 3.21. The minimum Gasteiger partial charge on any atom is -0.480 e. The van der Waals surface area contributed by atoms with Crippen LogP contribution in [0, 0.1) is 15.9 Å². The Kier molecular flexibility index (Phi) is 5.33. The van der Waals surface area contributed by atoms with E-state index in [9.17, 15) is 27.7 Å². The molecule has 0 aromatic heterocycles. The highest BCUT2D eigenvalue weighted by atomic mass is 32.2. The van der Waals surface area contributed by atoms with Gasteiger partial charge in [0.15, 0.2) is 0 Å². The molecule has 0 amide bonds. The van der Waals surface area contributed by atoms with Crippen LogP contribution in [0.15, 0.2) is 23.1 Å². The minimum absolute atomic E-state index is 0.00507. The molecule has 0 radical (unpaired) electrons. The maximum atomic E-state index is 13.6. The Labute approximate surface area is 119 Å². The molecular formula is C11H13FN2O6S. The normalized spacial score (nSPS) is 12.9. The van der Waals surface area contributed by atoms with Crippen molar-refractivity contribution in [3.63, 3.8) is 0 Å². The number of sulfonamides is 1. The molecular weight excluding hydrogens is 307 g/mol. The summed E-state index contributed by atoms with van der Waals surface area (Å²) in [5.74, 6) is -2.61. The van der Waals surface area contributed by atoms with Crippen molar-refractivity contribution in [3.05, 3.63) is 34.1 Å². The predicted molar refractivity (Wildman–Crippen MR) is 69.7 cm³/mol. The lowest BCUT2D eigenvalue weighted by atomic mass is 10.2. The minimum atomic E-state index is -4.52. The van der Waals surface area contributed by atoms with Crippen molar-refractivity contribution >= 4 is 21.7 Å². The Bertz CT molecular complexity index is 661. The fourth-order valence-electron chi connectivity index (χ4n) is 1.58. The van der Waals surface area contributed by atoms with Gasteiger partial charge in [0.25, 0.3) is 5.69 Å². The molecule has 0 bridgehead atoms. The van der Waals surface area contributed by atoms with Gasteiger partial charge in [-0.25, -0.2) is 12.8 Å². The lowest BCUT2D eigenvalue weighted by Gasteiger charge is -2.14. The summed E-state index contributed by atoms with van der Waals surface area (Å²) in [4.78, 5) is 19.7. The van der Waals surface area contributed by atoms with E-state index in [0.29, 0.717) is 18.6 Å². The zero-order valence-corrected chi connectivity index (χ0v) is 11.8. The van der Waals surface area contributed by atoms with E-state index in [1.807, 2.05) is 4.72 Å². The number of nitrogens with zero attached hydrogens (tertiary/aromatic N) is 1. The molecule has 0 saturated carbocycles. The van der Waals surface area contributed by atoms with E-state index < -0.39 is 43.4 Å². The average Bonchev–Trinajstić information content (AvgIpc) is 2.37. The second kappa shape index (κ2) is 6.59. The molecule has 1 aromatic rings. The van der Waals surface area contributed by atoms with E-state index in [2.05, 4.69) is 0 Å². The van der Waals surface area contributed by atoms with Crippen LogP contribution in [0.3, 0.4) is 0 Å². The van der Waals surface area contributed by atoms with Crippen LogP contribution >= 0.6 is 0 Å². The fourth-order valence-corrected chi connectivity index (χ4v) is 2.90. The van der Waals surface area contributed by atoms with E-state index >= 15 is 0 Å². The Hall–Kier alpha value is -2.07. The quantitative estimate of drug-likeness (QED) is 0.575. The number of benzene rings is 1. The number of halogens is 1. The Morgan fingerprint density at radius 3 is 2.62 bits per heavy atom. The molecule has 1 unspecified atom stereocenters. The molecule has 0 fully saturated rings. The van der Waals surface area contributed by atoms with Crippen LogP contribution in [0.1, 0.15) is 19.8 Å². The molecule has 10 heteroatoms. The van der Waals surface area contributed by atoms with Gasteiger partial charge in [0.1, 0.15) is 16.8 Å². The zero-order valence-electron chi connectivity index (χ0n) is 10.9. The van der Waals surface area contributed by atoms with Crippen molar-refractivity contribution in [1.29, 1.82) is 0 Å². The number of aliphatic carboxylic acids is 1. The Morgan fingerprint density at radius 2 is 2.14 bits per heavy atom. The second-order valence-corrected chi connectivity index (χ2v) is 5.86. The number of nitrogens with one attached hydrogen (secondary N) is 1. The molecule has 1 aromatic carbocycles. The first-order chi connectivity index (χ1) is 9.69. The highest BCUT2D eigenvalue weighted by Crippen LogP contribution is 2.21. The molecule has 1 atom stereocenters. The van der Waals surface area contributed by atoms with Gasteiger partial charge < -0.3 is 5.11 Å². The Morgan fingerprint density at radius 1 is 1.52 bits per heavy atom. The van der Waals surface area contributed by atoms with Crippen molar-refractivity contribution in [3.8, 4) is 0 Å². The van der Waals surface area contributed by atoms with E-state index in [4.69, 9.17) is 5.11 Å². The van der Waals surface area contributed by atoms with Crippen molar-refractivity contribution in [1.82, 2.24) is 4.72 Å². The smallest absolute Gasteiger partial charge is 0.321 e. The van der Waals surface area contributed by atoms with Gasteiger partial charge >= 0.3 is 5.97 Å². The third-order valence-corrected chi connectivity index (χ3v) is 4.07. The van der Waals surface area contributed by atoms with Gasteiger partial charge in [-0.15, -0.1) is 0 Å². The van der Waals surface area contributed by atoms with E-state index in [1.54, 1.807) is 6.92 Å². The summed E-state index contributed by atoms with van der Waals surface area (Å²) in [5, 5.41) is 19.5. The van der Waals surface area contributed by atoms with Gasteiger partial charge in [-0.2, -0.15) is 4.72 Å². The lowest BCUT2D eigenvalue weighted by molar-refractivity contribution is -0.385. The molecule has 0 aliphatic heterocycles. The monoisotopic (exact) mass is 320 g/mol. The molecule has 116 valence electrons. The number of nitro groups is 1. The predicted octanol–water partition coefficient (Wildman–Crippen LogP) is 1.27. The topological polar surface area (TPSA) is 127 Å². The van der Waals surface area contributed by atoms with Crippen LogP contribution in [0.4, 0.5) is 10.1 Å². The standard InChI is InChI=1S/C11H13FN2O6S/c1-2-3-9(11(15)16)13-21(19,20)10-6-7(14(17)18)4-5-8(10)12/h4-6,9,13H,2-3H2,1H3,(H,15,16). The summed E-state index contributed by atoms with van der Waals surface area (Å²) in [7, 11) is -4.52. The van der Waals surface area contributed by atoms with E-state index in [0.717, 1.165) is 6.07 Å². The number of non-ortho nitro benzene ring substituents is 1. The maximum absolute atomic E-state index is 13.6. The van der Waals surface area contributed by atoms with Crippen LogP contribution in [0.5, 0.6) is 0 Å². The average molecular weight is 320 g/mol. The van der Waals surface area contributed by atoms with Gasteiger partial charge in [0.2, 0.25) is 10.0 Å². The molecule has 2 N–H and O–H groups in total. The summed E-state index contributed by atoms with van der Waals surface area (Å²) >= 11 is 0. The summed E-state index contributed by atoms with van der Waals surface area (Å²) in [6.07, 6.45) is 0.391. The summed E-state index contributed by atoms with van der Waals surface area (Å²) < 4.78 is 39.4. The summed E-state index contributed by atoms with van der Waals surface area (Å²) in [5.41, 5.74) is -0.612. The molecule has 0 aliphatic carbocycles. The number of hydrogen-bond acceptors (Lipinski definition) is 5. The van der Waals surface area contributed by atoms with E-state index in [-0.39, 0.29) is 6.42 Å². The van der Waals surface area contributed by atoms with Crippen LogP contribution in [-0.2, 0) is 14.8 Å². The number of rotatable bonds is 7. The van der Waals surface area contributed by atoms with Crippen molar-refractivity contribution < 1.29 is 27.6 Å². The first kappa shape index (κ1) is 17.0. The van der Waals surface area contributed by atoms with Gasteiger partial charge in [0, 0.05) is 12.1 Å². The fraction of sp³-hybridized carbons (Fsp3) is 0.364. The zero-order chi connectivity index (χ0) is 16.2. The van der Waals surface area contributed by atoms with Crippen molar-refractivity contribution in [2.45, 2.75) is 30.7 Å². The van der Waals surface area contributed by atoms with Crippen LogP contribution in [-0.4, -0.2) is 30.5 Å². The van der Waals surface area contributed by atoms with E-state index in [1.165, 1.54) is 0 Å². The lowest BCUT2D eigenvalue weighted by Crippen LogP contribution is -2.40. The number of hydrogen-bond donors (Lipinski definition) is 2. The summed E-state index contributed by atoms with van der Waals surface area (Å²) in [6, 6.07) is 0.568. The highest BCUT2D eigenvalue weighted by Gasteiger charge is 2.28. The molecule has 0 heterocycles. The van der Waals surface area contributed by atoms with Crippen molar-refractivity contribution in [2.75, 3.05) is 0 Å². The first-order valence-electron chi connectivity index (χ1n) is 5.88. The first-order valence-corrected chi connectivity index (χ1v) is 7.36. The van der Waals surface area contributed by atoms with Gasteiger partial charge in [-0.1, -0.05) is 13.3 Å². The van der Waals surface area contributed by atoms with Crippen LogP contribution in [0.25, 0.3) is 0 Å². The SMILES string of the molecule is CCCC(NS(=O)(=O)c1cc([N+](=O)[O-])ccc1F)C(=O)O. The van der Waals surface area contributed by atoms with Crippen LogP contribution < -0.4 is 4.72 Å². The largest absolute Gasteiger partial charge is 0.480 e. The third kappa shape index (κ3) is 4.20. The molecule has 0 saturated heterocycles. The number of nitro benzene ring substituents is 1. The van der Waals surface area contributed by atoms with Gasteiger partial charge in [-0.3, -0.25) is 14.9 Å². The van der Waals surface area contributed by atoms with Crippen LogP contribution in [0.2, 0.25) is 0 Å². The number of carboxylic acid groups (broad SMARTS) is 1.